The molecule has 0 saturated heterocycles. The minimum absolute atomic E-state index is 0.516. The molecule has 0 fully saturated rings. The molecule has 0 spiro atoms. The molecule has 14 heavy (non-hydrogen) atoms. The normalized spacial score (nSPS) is 10.1. The maximum absolute atomic E-state index is 5.88. The maximum atomic E-state index is 5.88. The summed E-state index contributed by atoms with van der Waals surface area (Å²) in [7, 11) is 0. The van der Waals surface area contributed by atoms with Crippen molar-refractivity contribution < 1.29 is 0 Å². The summed E-state index contributed by atoms with van der Waals surface area (Å²) in [6, 6.07) is 7.05. The second-order valence-corrected chi connectivity index (χ2v) is 3.48. The van der Waals surface area contributed by atoms with Gasteiger partial charge in [-0.15, -0.1) is 0 Å². The van der Waals surface area contributed by atoms with Crippen molar-refractivity contribution >= 4 is 23.2 Å². The zero-order valence-electron chi connectivity index (χ0n) is 7.04. The summed E-state index contributed by atoms with van der Waals surface area (Å²) >= 11 is 11.7. The van der Waals surface area contributed by atoms with E-state index in [0.717, 1.165) is 11.3 Å². The highest BCUT2D eigenvalue weighted by Crippen LogP contribution is 2.26. The SMILES string of the molecule is Clc1ccc(-c2c[c]ncn2)cc1Cl. The number of rotatable bonds is 1. The lowest BCUT2D eigenvalue weighted by Gasteiger charge is -2.01. The average Bonchev–Trinajstić information content (AvgIpc) is 2.23. The number of hydrogen-bond acceptors (Lipinski definition) is 2. The molecule has 0 atom stereocenters. The third-order valence-electron chi connectivity index (χ3n) is 1.75. The molecule has 69 valence electrons. The van der Waals surface area contributed by atoms with Gasteiger partial charge in [-0.05, 0) is 18.2 Å². The molecule has 0 aliphatic rings. The Hall–Kier alpha value is -1.12. The standard InChI is InChI=1S/C10H5Cl2N2/c11-8-2-1-7(5-9(8)12)10-3-4-13-6-14-10/h1-3,5-6H. The summed E-state index contributed by atoms with van der Waals surface area (Å²) in [5, 5.41) is 1.05. The van der Waals surface area contributed by atoms with Crippen molar-refractivity contribution in [2.75, 3.05) is 0 Å². The Kier molecular flexibility index (Phi) is 2.66. The Morgan fingerprint density at radius 1 is 1.14 bits per heavy atom. The van der Waals surface area contributed by atoms with Gasteiger partial charge < -0.3 is 0 Å². The quantitative estimate of drug-likeness (QED) is 0.742. The van der Waals surface area contributed by atoms with Gasteiger partial charge in [-0.1, -0.05) is 29.3 Å². The molecule has 4 heteroatoms. The van der Waals surface area contributed by atoms with Crippen molar-refractivity contribution in [3.8, 4) is 11.3 Å². The molecular formula is C10H5Cl2N2. The van der Waals surface area contributed by atoms with Crippen molar-refractivity contribution in [2.45, 2.75) is 0 Å². The van der Waals surface area contributed by atoms with Gasteiger partial charge >= 0.3 is 0 Å². The summed E-state index contributed by atoms with van der Waals surface area (Å²) in [6.07, 6.45) is 4.15. The lowest BCUT2D eigenvalue weighted by molar-refractivity contribution is 1.16. The van der Waals surface area contributed by atoms with E-state index >= 15 is 0 Å². The monoisotopic (exact) mass is 223 g/mol. The van der Waals surface area contributed by atoms with Crippen LogP contribution >= 0.6 is 23.2 Å². The summed E-state index contributed by atoms with van der Waals surface area (Å²) in [6.45, 7) is 0. The summed E-state index contributed by atoms with van der Waals surface area (Å²) < 4.78 is 0. The van der Waals surface area contributed by atoms with Crippen LogP contribution in [0.1, 0.15) is 0 Å². The fraction of sp³-hybridized carbons (Fsp3) is 0. The summed E-state index contributed by atoms with van der Waals surface area (Å²) in [5.41, 5.74) is 1.68. The molecule has 0 aliphatic heterocycles. The lowest BCUT2D eigenvalue weighted by atomic mass is 10.1. The Labute approximate surface area is 91.5 Å². The van der Waals surface area contributed by atoms with Gasteiger partial charge in [-0.25, -0.2) is 9.97 Å². The Morgan fingerprint density at radius 3 is 2.64 bits per heavy atom. The zero-order valence-corrected chi connectivity index (χ0v) is 8.55. The first-order valence-electron chi connectivity index (χ1n) is 3.91. The second-order valence-electron chi connectivity index (χ2n) is 2.66. The van der Waals surface area contributed by atoms with Crippen LogP contribution in [0, 0.1) is 6.20 Å². The van der Waals surface area contributed by atoms with Crippen LogP contribution in [0.25, 0.3) is 11.3 Å². The Bertz CT molecular complexity index is 443. The average molecular weight is 224 g/mol. The first-order valence-corrected chi connectivity index (χ1v) is 4.66. The van der Waals surface area contributed by atoms with Crippen LogP contribution in [-0.2, 0) is 0 Å². The van der Waals surface area contributed by atoms with E-state index in [0.29, 0.717) is 10.0 Å². The van der Waals surface area contributed by atoms with Crippen molar-refractivity contribution in [1.82, 2.24) is 9.97 Å². The Morgan fingerprint density at radius 2 is 2.00 bits per heavy atom. The smallest absolute Gasteiger partial charge is 0.116 e. The van der Waals surface area contributed by atoms with Crippen molar-refractivity contribution in [1.29, 1.82) is 0 Å². The molecule has 1 heterocycles. The van der Waals surface area contributed by atoms with E-state index in [1.54, 1.807) is 18.2 Å². The second kappa shape index (κ2) is 3.95. The molecule has 0 amide bonds. The number of nitrogens with zero attached hydrogens (tertiary/aromatic N) is 2. The van der Waals surface area contributed by atoms with Crippen LogP contribution in [0.15, 0.2) is 30.6 Å². The fourth-order valence-corrected chi connectivity index (χ4v) is 1.37. The van der Waals surface area contributed by atoms with Gasteiger partial charge in [0, 0.05) is 5.56 Å². The molecule has 1 aromatic carbocycles. The number of benzene rings is 1. The van der Waals surface area contributed by atoms with Gasteiger partial charge in [0.15, 0.2) is 0 Å². The highest BCUT2D eigenvalue weighted by Gasteiger charge is 2.02. The molecule has 2 rings (SSSR count). The molecule has 2 nitrogen and oxygen atoms in total. The molecule has 2 aromatic rings. The van der Waals surface area contributed by atoms with E-state index in [2.05, 4.69) is 16.2 Å². The van der Waals surface area contributed by atoms with Crippen molar-refractivity contribution in [3.63, 3.8) is 0 Å². The Balaban J connectivity index is 2.48. The molecule has 0 unspecified atom stereocenters. The van der Waals surface area contributed by atoms with E-state index in [9.17, 15) is 0 Å². The van der Waals surface area contributed by atoms with E-state index in [4.69, 9.17) is 23.2 Å². The highest BCUT2D eigenvalue weighted by atomic mass is 35.5. The lowest BCUT2D eigenvalue weighted by Crippen LogP contribution is -1.84. The van der Waals surface area contributed by atoms with Gasteiger partial charge in [0.2, 0.25) is 0 Å². The predicted octanol–water partition coefficient (Wildman–Crippen LogP) is 3.25. The zero-order chi connectivity index (χ0) is 9.97. The molecule has 0 N–H and O–H groups in total. The van der Waals surface area contributed by atoms with Crippen LogP contribution in [0.2, 0.25) is 10.0 Å². The van der Waals surface area contributed by atoms with Crippen LogP contribution in [0.3, 0.4) is 0 Å². The topological polar surface area (TPSA) is 25.8 Å². The third-order valence-corrected chi connectivity index (χ3v) is 2.48. The van der Waals surface area contributed by atoms with Gasteiger partial charge in [0.25, 0.3) is 0 Å². The fourth-order valence-electron chi connectivity index (χ4n) is 1.07. The number of hydrogen-bond donors (Lipinski definition) is 0. The molecular weight excluding hydrogens is 219 g/mol. The van der Waals surface area contributed by atoms with Crippen LogP contribution < -0.4 is 0 Å². The molecule has 0 aliphatic carbocycles. The van der Waals surface area contributed by atoms with Crippen LogP contribution in [0.4, 0.5) is 0 Å². The van der Waals surface area contributed by atoms with Crippen LogP contribution in [-0.4, -0.2) is 9.97 Å². The van der Waals surface area contributed by atoms with E-state index in [1.807, 2.05) is 6.07 Å². The molecule has 1 aromatic heterocycles. The van der Waals surface area contributed by atoms with Gasteiger partial charge in [0.1, 0.15) is 6.33 Å². The molecule has 1 radical (unpaired) electrons. The minimum Gasteiger partial charge on any atom is -0.236 e. The van der Waals surface area contributed by atoms with Crippen molar-refractivity contribution in [2.24, 2.45) is 0 Å². The van der Waals surface area contributed by atoms with Gasteiger partial charge in [0.05, 0.1) is 21.9 Å². The van der Waals surface area contributed by atoms with Gasteiger partial charge in [-0.3, -0.25) is 0 Å². The summed E-state index contributed by atoms with van der Waals surface area (Å²) in [5.74, 6) is 0. The first-order chi connectivity index (χ1) is 6.77. The van der Waals surface area contributed by atoms with E-state index in [-0.39, 0.29) is 0 Å². The van der Waals surface area contributed by atoms with Crippen molar-refractivity contribution in [3.05, 3.63) is 46.8 Å². The van der Waals surface area contributed by atoms with Crippen LogP contribution in [0.5, 0.6) is 0 Å². The third kappa shape index (κ3) is 1.86. The van der Waals surface area contributed by atoms with E-state index in [1.165, 1.54) is 6.33 Å². The number of aromatic nitrogens is 2. The largest absolute Gasteiger partial charge is 0.236 e. The first kappa shape index (κ1) is 9.44. The van der Waals surface area contributed by atoms with Gasteiger partial charge in [-0.2, -0.15) is 0 Å². The highest BCUT2D eigenvalue weighted by molar-refractivity contribution is 6.42. The predicted molar refractivity (Wildman–Crippen MR) is 56.3 cm³/mol. The van der Waals surface area contributed by atoms with E-state index < -0.39 is 0 Å². The maximum Gasteiger partial charge on any atom is 0.116 e. The minimum atomic E-state index is 0.516. The molecule has 0 saturated carbocycles. The summed E-state index contributed by atoms with van der Waals surface area (Å²) in [4.78, 5) is 7.79. The number of halogens is 2. The molecule has 0 bridgehead atoms.